The van der Waals surface area contributed by atoms with E-state index in [1.54, 1.807) is 18.3 Å². The third kappa shape index (κ3) is 6.63. The Balaban J connectivity index is 0.000000196. The zero-order valence-corrected chi connectivity index (χ0v) is 25.1. The first-order chi connectivity index (χ1) is 22.4. The van der Waals surface area contributed by atoms with Gasteiger partial charge in [0.05, 0.1) is 6.21 Å². The third-order valence-electron chi connectivity index (χ3n) is 8.31. The van der Waals surface area contributed by atoms with Crippen molar-refractivity contribution in [1.29, 1.82) is 0 Å². The molecule has 1 heterocycles. The molecule has 0 aromatic heterocycles. The Morgan fingerprint density at radius 1 is 0.957 bits per heavy atom. The van der Waals surface area contributed by atoms with E-state index in [1.807, 2.05) is 42.5 Å². The normalized spacial score (nSPS) is 14.3. The fraction of sp³-hybridized carbons (Fsp3) is 0.162. The van der Waals surface area contributed by atoms with Crippen LogP contribution in [-0.4, -0.2) is 46.9 Å². The van der Waals surface area contributed by atoms with Gasteiger partial charge in [0.1, 0.15) is 6.54 Å². The molecular weight excluding hydrogens is 578 g/mol. The summed E-state index contributed by atoms with van der Waals surface area (Å²) in [6, 6.07) is 24.8. The summed E-state index contributed by atoms with van der Waals surface area (Å²) in [5.41, 5.74) is 6.99. The van der Waals surface area contributed by atoms with Crippen molar-refractivity contribution in [2.24, 2.45) is 15.9 Å². The quantitative estimate of drug-likeness (QED) is 0.177. The molecule has 9 nitrogen and oxygen atoms in total. The molecule has 0 saturated heterocycles. The Bertz CT molecular complexity index is 2120. The molecule has 0 bridgehead atoms. The predicted molar refractivity (Wildman–Crippen MR) is 179 cm³/mol. The summed E-state index contributed by atoms with van der Waals surface area (Å²) >= 11 is 0. The molecule has 46 heavy (non-hydrogen) atoms. The molecule has 4 aromatic carbocycles. The number of fused-ring (bicyclic) bond motifs is 5. The lowest BCUT2D eigenvalue weighted by Crippen LogP contribution is -2.32. The van der Waals surface area contributed by atoms with Gasteiger partial charge in [0.15, 0.2) is 0 Å². The number of carboxylic acid groups (broad SMARTS) is 1. The lowest BCUT2D eigenvalue weighted by atomic mass is 9.89. The standard InChI is InChI=1S/C26H23N3O.C11H10N2O3/c27-28-16-17-5-7-19(8-6-17)26(30)29-21-11-14-23-20(15-21)10-13-24-22-4-2-1-3-18(22)9-12-25(23)24;14-10(15)7-13-6-9-4-2-1-3-8(9)5-12-11(13)16/h3,5-12,14-16H,1-2,4,13,27H2,(H,29,30);1-5H,6-7H2,(H,14,15). The summed E-state index contributed by atoms with van der Waals surface area (Å²) < 4.78 is 0. The number of carbonyl (C=O) groups is 3. The van der Waals surface area contributed by atoms with E-state index in [0.29, 0.717) is 5.56 Å². The summed E-state index contributed by atoms with van der Waals surface area (Å²) in [4.78, 5) is 39.6. The number of anilines is 1. The molecule has 0 radical (unpaired) electrons. The van der Waals surface area contributed by atoms with Crippen molar-refractivity contribution >= 4 is 48.2 Å². The lowest BCUT2D eigenvalue weighted by Gasteiger charge is -2.16. The first-order valence-electron chi connectivity index (χ1n) is 15.1. The van der Waals surface area contributed by atoms with Crippen LogP contribution in [-0.2, 0) is 24.2 Å². The SMILES string of the molecule is NN=Cc1ccc(C(=O)Nc2ccc3c(c2)=CCc2c4c(ccc2=3)=CCCC4)cc1.O=C(O)CN1Cc2ccccc2C=NC1=O. The van der Waals surface area contributed by atoms with Gasteiger partial charge in [0, 0.05) is 24.0 Å². The molecule has 0 saturated carbocycles. The van der Waals surface area contributed by atoms with Crippen molar-refractivity contribution in [1.82, 2.24) is 4.90 Å². The number of hydrogen-bond acceptors (Lipinski definition) is 5. The molecule has 9 heteroatoms. The topological polar surface area (TPSA) is 137 Å². The van der Waals surface area contributed by atoms with Gasteiger partial charge in [-0.15, -0.1) is 0 Å². The minimum atomic E-state index is -1.04. The molecule has 0 spiro atoms. The fourth-order valence-corrected chi connectivity index (χ4v) is 6.07. The van der Waals surface area contributed by atoms with E-state index in [4.69, 9.17) is 10.9 Å². The van der Waals surface area contributed by atoms with Crippen LogP contribution in [0.2, 0.25) is 0 Å². The van der Waals surface area contributed by atoms with Crippen molar-refractivity contribution in [3.8, 4) is 0 Å². The number of carboxylic acids is 1. The minimum absolute atomic E-state index is 0.132. The molecule has 230 valence electrons. The zero-order valence-electron chi connectivity index (χ0n) is 25.1. The van der Waals surface area contributed by atoms with Gasteiger partial charge < -0.3 is 21.2 Å². The third-order valence-corrected chi connectivity index (χ3v) is 8.31. The number of nitrogens with two attached hydrogens (primary N) is 1. The first-order valence-corrected chi connectivity index (χ1v) is 15.1. The second-order valence-electron chi connectivity index (χ2n) is 11.3. The van der Waals surface area contributed by atoms with E-state index in [1.165, 1.54) is 62.4 Å². The average molecular weight is 612 g/mol. The summed E-state index contributed by atoms with van der Waals surface area (Å²) in [7, 11) is 0. The maximum absolute atomic E-state index is 12.6. The van der Waals surface area contributed by atoms with Crippen LogP contribution in [0.1, 0.15) is 51.0 Å². The average Bonchev–Trinajstić information content (AvgIpc) is 3.22. The molecule has 1 aliphatic heterocycles. The van der Waals surface area contributed by atoms with E-state index in [0.717, 1.165) is 28.8 Å². The number of aliphatic carboxylic acids is 1. The number of aliphatic imine (C=N–C) groups is 1. The van der Waals surface area contributed by atoms with E-state index >= 15 is 0 Å². The molecule has 3 amide bonds. The van der Waals surface area contributed by atoms with Crippen molar-refractivity contribution in [2.45, 2.75) is 32.2 Å². The molecule has 0 fully saturated rings. The van der Waals surface area contributed by atoms with Crippen LogP contribution in [0, 0.1) is 10.4 Å². The molecule has 3 aliphatic rings. The maximum atomic E-state index is 12.6. The van der Waals surface area contributed by atoms with Crippen molar-refractivity contribution in [3.05, 3.63) is 133 Å². The number of carbonyl (C=O) groups excluding carboxylic acids is 2. The Labute approximate surface area is 265 Å². The van der Waals surface area contributed by atoms with Gasteiger partial charge in [-0.3, -0.25) is 9.59 Å². The van der Waals surface area contributed by atoms with Crippen LogP contribution in [0.25, 0.3) is 12.2 Å². The van der Waals surface area contributed by atoms with Gasteiger partial charge >= 0.3 is 12.0 Å². The van der Waals surface area contributed by atoms with E-state index in [-0.39, 0.29) is 19.0 Å². The van der Waals surface area contributed by atoms with Gasteiger partial charge in [-0.05, 0) is 98.6 Å². The summed E-state index contributed by atoms with van der Waals surface area (Å²) in [6.45, 7) is -0.0498. The monoisotopic (exact) mass is 611 g/mol. The smallest absolute Gasteiger partial charge is 0.344 e. The number of hydrogen-bond donors (Lipinski definition) is 3. The highest BCUT2D eigenvalue weighted by Gasteiger charge is 2.19. The zero-order chi connectivity index (χ0) is 32.0. The largest absolute Gasteiger partial charge is 0.480 e. The number of amides is 3. The van der Waals surface area contributed by atoms with Crippen LogP contribution in [0.3, 0.4) is 0 Å². The first kappa shape index (κ1) is 30.2. The summed E-state index contributed by atoms with van der Waals surface area (Å²) in [5, 5.41) is 20.3. The van der Waals surface area contributed by atoms with Crippen molar-refractivity contribution in [3.63, 3.8) is 0 Å². The molecule has 2 aliphatic carbocycles. The second kappa shape index (κ2) is 13.4. The van der Waals surface area contributed by atoms with Crippen LogP contribution in [0.5, 0.6) is 0 Å². The Morgan fingerprint density at radius 2 is 1.76 bits per heavy atom. The van der Waals surface area contributed by atoms with Crippen molar-refractivity contribution < 1.29 is 19.5 Å². The fourth-order valence-electron chi connectivity index (χ4n) is 6.07. The lowest BCUT2D eigenvalue weighted by molar-refractivity contribution is -0.137. The van der Waals surface area contributed by atoms with Gasteiger partial charge in [0.25, 0.3) is 5.91 Å². The number of nitrogens with one attached hydrogen (secondary N) is 1. The highest BCUT2D eigenvalue weighted by molar-refractivity contribution is 6.04. The maximum Gasteiger partial charge on any atom is 0.344 e. The van der Waals surface area contributed by atoms with Crippen LogP contribution in [0.4, 0.5) is 10.5 Å². The molecule has 4 aromatic rings. The van der Waals surface area contributed by atoms with Crippen LogP contribution >= 0.6 is 0 Å². The summed E-state index contributed by atoms with van der Waals surface area (Å²) in [5.74, 6) is 3.99. The van der Waals surface area contributed by atoms with E-state index in [9.17, 15) is 14.4 Å². The molecule has 0 unspecified atom stereocenters. The summed E-state index contributed by atoms with van der Waals surface area (Å²) in [6.07, 6.45) is 12.2. The van der Waals surface area contributed by atoms with E-state index < -0.39 is 12.0 Å². The van der Waals surface area contributed by atoms with E-state index in [2.05, 4.69) is 51.8 Å². The molecule has 4 N–H and O–H groups in total. The molecule has 7 rings (SSSR count). The number of rotatable bonds is 5. The number of urea groups is 1. The van der Waals surface area contributed by atoms with Gasteiger partial charge in [-0.25, -0.2) is 9.79 Å². The number of benzene rings is 4. The molecule has 0 atom stereocenters. The van der Waals surface area contributed by atoms with Gasteiger partial charge in [-0.2, -0.15) is 5.10 Å². The minimum Gasteiger partial charge on any atom is -0.480 e. The predicted octanol–water partition coefficient (Wildman–Crippen LogP) is 4.10. The van der Waals surface area contributed by atoms with Gasteiger partial charge in [0.2, 0.25) is 0 Å². The number of hydrazone groups is 1. The Kier molecular flexibility index (Phi) is 8.82. The van der Waals surface area contributed by atoms with Crippen molar-refractivity contribution in [2.75, 3.05) is 11.9 Å². The highest BCUT2D eigenvalue weighted by Crippen LogP contribution is 2.19. The Morgan fingerprint density at radius 3 is 2.57 bits per heavy atom. The molecular formula is C37H33N5O4. The highest BCUT2D eigenvalue weighted by atomic mass is 16.4. The van der Waals surface area contributed by atoms with Gasteiger partial charge in [-0.1, -0.05) is 66.7 Å². The van der Waals surface area contributed by atoms with Crippen LogP contribution < -0.4 is 21.6 Å². The second-order valence-corrected chi connectivity index (χ2v) is 11.3. The number of nitrogens with zero attached hydrogens (tertiary/aromatic N) is 3. The Hall–Kier alpha value is -5.83. The van der Waals surface area contributed by atoms with Crippen LogP contribution in [0.15, 0.2) is 89.0 Å².